The van der Waals surface area contributed by atoms with Crippen LogP contribution in [0.2, 0.25) is 0 Å². The normalized spacial score (nSPS) is 15.0. The Morgan fingerprint density at radius 2 is 1.67 bits per heavy atom. The van der Waals surface area contributed by atoms with E-state index in [1.807, 2.05) is 19.0 Å². The van der Waals surface area contributed by atoms with Gasteiger partial charge in [0.2, 0.25) is 10.0 Å². The Balaban J connectivity index is 0.00000361. The van der Waals surface area contributed by atoms with Crippen molar-refractivity contribution in [2.45, 2.75) is 30.6 Å². The number of amides is 1. The van der Waals surface area contributed by atoms with E-state index in [1.54, 1.807) is 0 Å². The van der Waals surface area contributed by atoms with Gasteiger partial charge in [0.25, 0.3) is 5.91 Å². The second kappa shape index (κ2) is 11.9. The van der Waals surface area contributed by atoms with Crippen LogP contribution in [0.4, 0.5) is 13.9 Å². The van der Waals surface area contributed by atoms with Crippen molar-refractivity contribution >= 4 is 55.0 Å². The lowest BCUT2D eigenvalue weighted by Crippen LogP contribution is -2.36. The molecule has 0 unspecified atom stereocenters. The summed E-state index contributed by atoms with van der Waals surface area (Å²) in [7, 11) is 0.0857. The van der Waals surface area contributed by atoms with E-state index in [4.69, 9.17) is 0 Å². The van der Waals surface area contributed by atoms with Crippen LogP contribution in [0.25, 0.3) is 10.2 Å². The van der Waals surface area contributed by atoms with Gasteiger partial charge < -0.3 is 4.90 Å². The first kappa shape index (κ1) is 28.4. The molecule has 1 amide bonds. The number of sulfonamides is 1. The zero-order valence-electron chi connectivity index (χ0n) is 20.1. The molecule has 196 valence electrons. The number of fused-ring (bicyclic) bond motifs is 1. The number of aromatic nitrogens is 1. The number of carbonyl (C=O) groups excluding carboxylic acids is 1. The molecule has 2 heterocycles. The average molecular weight is 559 g/mol. The van der Waals surface area contributed by atoms with Gasteiger partial charge in [0.1, 0.15) is 11.3 Å². The number of carbonyl (C=O) groups is 1. The van der Waals surface area contributed by atoms with Crippen LogP contribution in [0.15, 0.2) is 41.3 Å². The Bertz CT molecular complexity index is 1310. The molecule has 1 aliphatic rings. The fourth-order valence-corrected chi connectivity index (χ4v) is 6.55. The van der Waals surface area contributed by atoms with Crippen molar-refractivity contribution in [3.05, 3.63) is 53.6 Å². The molecular weight excluding hydrogens is 530 g/mol. The molecule has 0 atom stereocenters. The maximum Gasteiger partial charge on any atom is 0.260 e. The van der Waals surface area contributed by atoms with Gasteiger partial charge in [-0.15, -0.1) is 12.4 Å². The standard InChI is InChI=1S/C24H28F2N4O3S2.ClH/c1-28(2)13-14-30(24-27-22-20(26)15-18(25)16-21(22)34-24)23(31)17-7-9-19(10-8-17)35(32,33)29-11-5-3-4-6-12-29;/h7-10,15-16H,3-6,11-14H2,1-2H3;1H. The molecule has 1 aliphatic heterocycles. The molecule has 7 nitrogen and oxygen atoms in total. The zero-order chi connectivity index (χ0) is 25.2. The first-order valence-corrected chi connectivity index (χ1v) is 13.7. The molecule has 0 N–H and O–H groups in total. The molecule has 2 aromatic carbocycles. The van der Waals surface area contributed by atoms with Crippen molar-refractivity contribution < 1.29 is 22.0 Å². The number of benzene rings is 2. The lowest BCUT2D eigenvalue weighted by molar-refractivity contribution is 0.0985. The molecule has 1 aromatic heterocycles. The number of thiazole rings is 1. The second-order valence-electron chi connectivity index (χ2n) is 8.83. The van der Waals surface area contributed by atoms with Crippen LogP contribution >= 0.6 is 23.7 Å². The third-order valence-corrected chi connectivity index (χ3v) is 8.89. The monoisotopic (exact) mass is 558 g/mol. The van der Waals surface area contributed by atoms with Gasteiger partial charge in [0.05, 0.1) is 9.60 Å². The van der Waals surface area contributed by atoms with Crippen LogP contribution in [0.1, 0.15) is 36.0 Å². The van der Waals surface area contributed by atoms with Gasteiger partial charge in [0.15, 0.2) is 10.9 Å². The number of anilines is 1. The van der Waals surface area contributed by atoms with Crippen molar-refractivity contribution in [1.29, 1.82) is 0 Å². The largest absolute Gasteiger partial charge is 0.308 e. The van der Waals surface area contributed by atoms with Gasteiger partial charge in [0, 0.05) is 37.8 Å². The second-order valence-corrected chi connectivity index (χ2v) is 11.8. The fraction of sp³-hybridized carbons (Fsp3) is 0.417. The van der Waals surface area contributed by atoms with Gasteiger partial charge in [-0.1, -0.05) is 24.2 Å². The number of rotatable bonds is 7. The van der Waals surface area contributed by atoms with Gasteiger partial charge in [-0.25, -0.2) is 22.2 Å². The highest BCUT2D eigenvalue weighted by atomic mass is 35.5. The highest BCUT2D eigenvalue weighted by molar-refractivity contribution is 7.89. The van der Waals surface area contributed by atoms with E-state index in [9.17, 15) is 22.0 Å². The summed E-state index contributed by atoms with van der Waals surface area (Å²) in [5.41, 5.74) is 0.289. The smallest absolute Gasteiger partial charge is 0.260 e. The summed E-state index contributed by atoms with van der Waals surface area (Å²) in [5, 5.41) is 0.248. The van der Waals surface area contributed by atoms with E-state index >= 15 is 0 Å². The van der Waals surface area contributed by atoms with Gasteiger partial charge >= 0.3 is 0 Å². The molecule has 1 saturated heterocycles. The lowest BCUT2D eigenvalue weighted by Gasteiger charge is -2.22. The number of hydrogen-bond acceptors (Lipinski definition) is 6. The average Bonchev–Trinajstić information content (AvgIpc) is 3.04. The summed E-state index contributed by atoms with van der Waals surface area (Å²) in [6.45, 7) is 1.77. The molecule has 0 aliphatic carbocycles. The Morgan fingerprint density at radius 1 is 1.03 bits per heavy atom. The quantitative estimate of drug-likeness (QED) is 0.418. The minimum Gasteiger partial charge on any atom is -0.308 e. The topological polar surface area (TPSA) is 73.8 Å². The first-order chi connectivity index (χ1) is 16.7. The molecular formula is C24H29ClF2N4O3S2. The van der Waals surface area contributed by atoms with Crippen molar-refractivity contribution in [3.63, 3.8) is 0 Å². The Hall–Kier alpha value is -2.18. The van der Waals surface area contributed by atoms with Crippen molar-refractivity contribution in [2.75, 3.05) is 45.2 Å². The van der Waals surface area contributed by atoms with Gasteiger partial charge in [-0.3, -0.25) is 9.69 Å². The number of hydrogen-bond donors (Lipinski definition) is 0. The molecule has 1 fully saturated rings. The minimum absolute atomic E-state index is 0. The highest BCUT2D eigenvalue weighted by Crippen LogP contribution is 2.32. The van der Waals surface area contributed by atoms with Crippen molar-refractivity contribution in [1.82, 2.24) is 14.2 Å². The molecule has 3 aromatic rings. The summed E-state index contributed by atoms with van der Waals surface area (Å²) in [5.74, 6) is -1.89. The minimum atomic E-state index is -3.63. The molecule has 0 bridgehead atoms. The van der Waals surface area contributed by atoms with Crippen LogP contribution in [0, 0.1) is 11.6 Å². The Labute approximate surface area is 220 Å². The summed E-state index contributed by atoms with van der Waals surface area (Å²) < 4.78 is 55.8. The van der Waals surface area contributed by atoms with E-state index in [0.29, 0.717) is 24.3 Å². The van der Waals surface area contributed by atoms with Gasteiger partial charge in [-0.05, 0) is 57.3 Å². The third kappa shape index (κ3) is 6.20. The zero-order valence-corrected chi connectivity index (χ0v) is 22.6. The molecule has 0 saturated carbocycles. The summed E-state index contributed by atoms with van der Waals surface area (Å²) in [6, 6.07) is 7.83. The molecule has 0 spiro atoms. The number of likely N-dealkylation sites (N-methyl/N-ethyl adjacent to an activating group) is 1. The molecule has 36 heavy (non-hydrogen) atoms. The summed E-state index contributed by atoms with van der Waals surface area (Å²) in [6.07, 6.45) is 3.71. The van der Waals surface area contributed by atoms with Crippen LogP contribution < -0.4 is 4.90 Å². The summed E-state index contributed by atoms with van der Waals surface area (Å²) >= 11 is 1.03. The highest BCUT2D eigenvalue weighted by Gasteiger charge is 2.27. The molecule has 4 rings (SSSR count). The van der Waals surface area contributed by atoms with Gasteiger partial charge in [-0.2, -0.15) is 4.31 Å². The SMILES string of the molecule is CN(C)CCN(C(=O)c1ccc(S(=O)(=O)N2CCCCCC2)cc1)c1nc2c(F)cc(F)cc2s1.Cl. The number of nitrogens with zero attached hydrogens (tertiary/aromatic N) is 4. The summed E-state index contributed by atoms with van der Waals surface area (Å²) in [4.78, 5) is 21.2. The fourth-order valence-electron chi connectivity index (χ4n) is 4.00. The van der Waals surface area contributed by atoms with E-state index in [2.05, 4.69) is 4.98 Å². The molecule has 12 heteroatoms. The van der Waals surface area contributed by atoms with Crippen LogP contribution in [0.5, 0.6) is 0 Å². The van der Waals surface area contributed by atoms with E-state index in [1.165, 1.54) is 39.5 Å². The predicted octanol–water partition coefficient (Wildman–Crippen LogP) is 4.77. The van der Waals surface area contributed by atoms with E-state index in [0.717, 1.165) is 43.1 Å². The predicted molar refractivity (Wildman–Crippen MR) is 141 cm³/mol. The molecule has 0 radical (unpaired) electrons. The van der Waals surface area contributed by atoms with Crippen molar-refractivity contribution in [2.24, 2.45) is 0 Å². The lowest BCUT2D eigenvalue weighted by atomic mass is 10.2. The Kier molecular flexibility index (Phi) is 9.39. The number of halogens is 3. The van der Waals surface area contributed by atoms with E-state index in [-0.39, 0.29) is 40.1 Å². The van der Waals surface area contributed by atoms with Crippen LogP contribution in [0.3, 0.4) is 0 Å². The maximum absolute atomic E-state index is 14.2. The third-order valence-electron chi connectivity index (χ3n) is 5.95. The van der Waals surface area contributed by atoms with Crippen molar-refractivity contribution in [3.8, 4) is 0 Å². The Morgan fingerprint density at radius 3 is 2.28 bits per heavy atom. The first-order valence-electron chi connectivity index (χ1n) is 11.5. The maximum atomic E-state index is 14.2. The van der Waals surface area contributed by atoms with Crippen LogP contribution in [-0.2, 0) is 10.0 Å². The van der Waals surface area contributed by atoms with E-state index < -0.39 is 27.6 Å². The van der Waals surface area contributed by atoms with Crippen LogP contribution in [-0.4, -0.2) is 68.8 Å².